The van der Waals surface area contributed by atoms with Crippen LogP contribution in [0.5, 0.6) is 0 Å². The number of carbonyl (C=O) groups is 1. The second-order valence-electron chi connectivity index (χ2n) is 5.56. The van der Waals surface area contributed by atoms with E-state index >= 15 is 0 Å². The molecule has 1 fully saturated rings. The molecule has 0 atom stereocenters. The normalized spacial score (nSPS) is 17.0. The third kappa shape index (κ3) is 3.02. The number of carbonyl (C=O) groups excluding carboxylic acids is 1. The zero-order valence-corrected chi connectivity index (χ0v) is 11.6. The molecule has 0 unspecified atom stereocenters. The first-order valence-electron chi connectivity index (χ1n) is 7.46. The van der Waals surface area contributed by atoms with Crippen LogP contribution in [0.25, 0.3) is 10.9 Å². The molecule has 0 saturated heterocycles. The second-order valence-corrected chi connectivity index (χ2v) is 5.56. The summed E-state index contributed by atoms with van der Waals surface area (Å²) in [6, 6.07) is 10.2. The number of rotatable bonds is 3. The standard InChI is InChI=1S/C16H21N3O/c20-16(19-18-13-8-3-1-2-4-9-13)15-11-12-7-5-6-10-14(12)17-15/h5-7,10-11,13,17-18H,1-4,8-9H2,(H,19,20). The average Bonchev–Trinajstić information content (AvgIpc) is 2.74. The summed E-state index contributed by atoms with van der Waals surface area (Å²) in [6.45, 7) is 0. The second kappa shape index (κ2) is 6.09. The number of hydrogen-bond acceptors (Lipinski definition) is 2. The van der Waals surface area contributed by atoms with Crippen LogP contribution < -0.4 is 10.9 Å². The van der Waals surface area contributed by atoms with Crippen LogP contribution in [0.1, 0.15) is 49.0 Å². The highest BCUT2D eigenvalue weighted by Crippen LogP contribution is 2.17. The Hall–Kier alpha value is -1.81. The molecule has 1 aliphatic carbocycles. The highest BCUT2D eigenvalue weighted by Gasteiger charge is 2.14. The van der Waals surface area contributed by atoms with Crippen molar-refractivity contribution in [2.24, 2.45) is 0 Å². The van der Waals surface area contributed by atoms with E-state index in [2.05, 4.69) is 15.8 Å². The van der Waals surface area contributed by atoms with Gasteiger partial charge >= 0.3 is 0 Å². The Labute approximate surface area is 118 Å². The van der Waals surface area contributed by atoms with Gasteiger partial charge in [0.2, 0.25) is 0 Å². The van der Waals surface area contributed by atoms with Crippen molar-refractivity contribution < 1.29 is 4.79 Å². The number of aromatic amines is 1. The number of benzene rings is 1. The maximum Gasteiger partial charge on any atom is 0.281 e. The summed E-state index contributed by atoms with van der Waals surface area (Å²) in [4.78, 5) is 15.3. The molecule has 4 heteroatoms. The van der Waals surface area contributed by atoms with Gasteiger partial charge in [-0.05, 0) is 25.0 Å². The van der Waals surface area contributed by atoms with Crippen molar-refractivity contribution >= 4 is 16.8 Å². The predicted molar refractivity (Wildman–Crippen MR) is 80.4 cm³/mol. The van der Waals surface area contributed by atoms with Crippen molar-refractivity contribution in [2.45, 2.75) is 44.6 Å². The summed E-state index contributed by atoms with van der Waals surface area (Å²) in [6.07, 6.45) is 7.42. The summed E-state index contributed by atoms with van der Waals surface area (Å²) in [5.41, 5.74) is 7.62. The molecule has 1 saturated carbocycles. The first kappa shape index (κ1) is 13.2. The van der Waals surface area contributed by atoms with E-state index < -0.39 is 0 Å². The van der Waals surface area contributed by atoms with Crippen LogP contribution in [0.15, 0.2) is 30.3 Å². The largest absolute Gasteiger partial charge is 0.350 e. The van der Waals surface area contributed by atoms with Crippen molar-refractivity contribution in [3.05, 3.63) is 36.0 Å². The fraction of sp³-hybridized carbons (Fsp3) is 0.438. The molecule has 1 aliphatic rings. The Bertz CT molecular complexity index is 549. The van der Waals surface area contributed by atoms with Gasteiger partial charge < -0.3 is 4.98 Å². The third-order valence-corrected chi connectivity index (χ3v) is 4.02. The number of hydrogen-bond donors (Lipinski definition) is 3. The molecule has 1 aromatic carbocycles. The van der Waals surface area contributed by atoms with Crippen LogP contribution in [0.4, 0.5) is 0 Å². The fourth-order valence-electron chi connectivity index (χ4n) is 2.85. The molecule has 20 heavy (non-hydrogen) atoms. The van der Waals surface area contributed by atoms with E-state index in [1.54, 1.807) is 0 Å². The molecule has 0 radical (unpaired) electrons. The minimum Gasteiger partial charge on any atom is -0.350 e. The maximum atomic E-state index is 12.1. The molecule has 2 aromatic rings. The Morgan fingerprint density at radius 2 is 1.85 bits per heavy atom. The maximum absolute atomic E-state index is 12.1. The van der Waals surface area contributed by atoms with Crippen LogP contribution in [-0.2, 0) is 0 Å². The van der Waals surface area contributed by atoms with E-state index in [9.17, 15) is 4.79 Å². The topological polar surface area (TPSA) is 56.9 Å². The number of nitrogens with one attached hydrogen (secondary N) is 3. The van der Waals surface area contributed by atoms with Crippen LogP contribution in [0, 0.1) is 0 Å². The number of amides is 1. The van der Waals surface area contributed by atoms with E-state index in [0.29, 0.717) is 11.7 Å². The number of H-pyrrole nitrogens is 1. The lowest BCUT2D eigenvalue weighted by molar-refractivity contribution is 0.0918. The minimum absolute atomic E-state index is 0.0922. The summed E-state index contributed by atoms with van der Waals surface area (Å²) < 4.78 is 0. The monoisotopic (exact) mass is 271 g/mol. The van der Waals surface area contributed by atoms with Gasteiger partial charge in [0.25, 0.3) is 5.91 Å². The number of para-hydroxylation sites is 1. The Morgan fingerprint density at radius 1 is 1.10 bits per heavy atom. The third-order valence-electron chi connectivity index (χ3n) is 4.02. The Morgan fingerprint density at radius 3 is 2.60 bits per heavy atom. The summed E-state index contributed by atoms with van der Waals surface area (Å²) >= 11 is 0. The molecule has 0 bridgehead atoms. The number of fused-ring (bicyclic) bond motifs is 1. The first-order chi connectivity index (χ1) is 9.83. The summed E-state index contributed by atoms with van der Waals surface area (Å²) in [5.74, 6) is -0.0922. The first-order valence-corrected chi connectivity index (χ1v) is 7.46. The zero-order valence-electron chi connectivity index (χ0n) is 11.6. The lowest BCUT2D eigenvalue weighted by atomic mass is 10.1. The Balaban J connectivity index is 1.60. The molecular weight excluding hydrogens is 250 g/mol. The van der Waals surface area contributed by atoms with Gasteiger partial charge in [-0.3, -0.25) is 10.2 Å². The van der Waals surface area contributed by atoms with Crippen molar-refractivity contribution in [2.75, 3.05) is 0 Å². The fourth-order valence-corrected chi connectivity index (χ4v) is 2.85. The smallest absolute Gasteiger partial charge is 0.281 e. The van der Waals surface area contributed by atoms with E-state index in [1.165, 1.54) is 25.7 Å². The summed E-state index contributed by atoms with van der Waals surface area (Å²) in [7, 11) is 0. The molecule has 3 N–H and O–H groups in total. The molecule has 3 rings (SSSR count). The van der Waals surface area contributed by atoms with Gasteiger partial charge in [-0.15, -0.1) is 0 Å². The molecule has 1 heterocycles. The number of hydrazine groups is 1. The van der Waals surface area contributed by atoms with E-state index in [-0.39, 0.29) is 5.91 Å². The van der Waals surface area contributed by atoms with Crippen LogP contribution in [0.3, 0.4) is 0 Å². The van der Waals surface area contributed by atoms with Crippen molar-refractivity contribution in [1.29, 1.82) is 0 Å². The molecule has 0 aliphatic heterocycles. The molecule has 106 valence electrons. The zero-order chi connectivity index (χ0) is 13.8. The van der Waals surface area contributed by atoms with E-state index in [4.69, 9.17) is 0 Å². The van der Waals surface area contributed by atoms with Crippen LogP contribution in [0.2, 0.25) is 0 Å². The summed E-state index contributed by atoms with van der Waals surface area (Å²) in [5, 5.41) is 1.06. The molecule has 1 amide bonds. The van der Waals surface area contributed by atoms with Gasteiger partial charge in [-0.2, -0.15) is 0 Å². The van der Waals surface area contributed by atoms with Gasteiger partial charge in [-0.1, -0.05) is 43.9 Å². The van der Waals surface area contributed by atoms with Gasteiger partial charge in [0.15, 0.2) is 0 Å². The highest BCUT2D eigenvalue weighted by atomic mass is 16.2. The molecular formula is C16H21N3O. The molecule has 0 spiro atoms. The van der Waals surface area contributed by atoms with Crippen molar-refractivity contribution in [3.63, 3.8) is 0 Å². The van der Waals surface area contributed by atoms with E-state index in [0.717, 1.165) is 23.7 Å². The molecule has 1 aromatic heterocycles. The van der Waals surface area contributed by atoms with Crippen molar-refractivity contribution in [1.82, 2.24) is 15.8 Å². The van der Waals surface area contributed by atoms with Gasteiger partial charge in [0.1, 0.15) is 5.69 Å². The van der Waals surface area contributed by atoms with E-state index in [1.807, 2.05) is 30.3 Å². The predicted octanol–water partition coefficient (Wildman–Crippen LogP) is 3.13. The van der Waals surface area contributed by atoms with Gasteiger partial charge in [0, 0.05) is 16.9 Å². The minimum atomic E-state index is -0.0922. The van der Waals surface area contributed by atoms with Gasteiger partial charge in [0.05, 0.1) is 0 Å². The average molecular weight is 271 g/mol. The Kier molecular flexibility index (Phi) is 4.02. The van der Waals surface area contributed by atoms with Gasteiger partial charge in [-0.25, -0.2) is 5.43 Å². The lowest BCUT2D eigenvalue weighted by Gasteiger charge is -2.16. The quantitative estimate of drug-likeness (QED) is 0.593. The van der Waals surface area contributed by atoms with Crippen LogP contribution >= 0.6 is 0 Å². The highest BCUT2D eigenvalue weighted by molar-refractivity contribution is 5.97. The lowest BCUT2D eigenvalue weighted by Crippen LogP contribution is -2.44. The van der Waals surface area contributed by atoms with Crippen molar-refractivity contribution in [3.8, 4) is 0 Å². The van der Waals surface area contributed by atoms with Crippen LogP contribution in [-0.4, -0.2) is 16.9 Å². The SMILES string of the molecule is O=C(NNC1CCCCCC1)c1cc2ccccc2[nH]1. The molecule has 4 nitrogen and oxygen atoms in total. The number of aromatic nitrogens is 1.